The van der Waals surface area contributed by atoms with E-state index in [-0.39, 0.29) is 0 Å². The van der Waals surface area contributed by atoms with Gasteiger partial charge in [-0.1, -0.05) is 36.4 Å². The number of rotatable bonds is 0. The molecule has 0 amide bonds. The lowest BCUT2D eigenvalue weighted by Gasteiger charge is -2.10. The predicted molar refractivity (Wildman–Crippen MR) is 122 cm³/mol. The minimum Gasteiger partial charge on any atom is -0.295 e. The molecule has 0 radical (unpaired) electrons. The molecular weight excluding hydrogens is 380 g/mol. The molecule has 0 N–H and O–H groups in total. The third-order valence-corrected chi connectivity index (χ3v) is 7.00. The Morgan fingerprint density at radius 1 is 0.677 bits per heavy atom. The molecular formula is C27H16N4. The summed E-state index contributed by atoms with van der Waals surface area (Å²) < 4.78 is 2.35. The van der Waals surface area contributed by atoms with Gasteiger partial charge in [0.05, 0.1) is 16.9 Å². The monoisotopic (exact) mass is 396 g/mol. The molecule has 2 aromatic carbocycles. The van der Waals surface area contributed by atoms with Crippen molar-refractivity contribution in [3.63, 3.8) is 0 Å². The van der Waals surface area contributed by atoms with Crippen LogP contribution in [0.3, 0.4) is 0 Å². The second-order valence-electron chi connectivity index (χ2n) is 8.52. The van der Waals surface area contributed by atoms with Crippen molar-refractivity contribution < 1.29 is 0 Å². The van der Waals surface area contributed by atoms with Crippen LogP contribution in [0.4, 0.5) is 0 Å². The van der Waals surface area contributed by atoms with Crippen LogP contribution in [0.1, 0.15) is 22.4 Å². The van der Waals surface area contributed by atoms with Crippen molar-refractivity contribution in [2.24, 2.45) is 0 Å². The highest BCUT2D eigenvalue weighted by molar-refractivity contribution is 6.12. The Labute approximate surface area is 177 Å². The van der Waals surface area contributed by atoms with Crippen LogP contribution < -0.4 is 0 Å². The maximum Gasteiger partial charge on any atom is 0.146 e. The van der Waals surface area contributed by atoms with Crippen LogP contribution in [0.2, 0.25) is 0 Å². The van der Waals surface area contributed by atoms with E-state index in [9.17, 15) is 0 Å². The molecule has 0 spiro atoms. The number of imidazole rings is 1. The van der Waals surface area contributed by atoms with Gasteiger partial charge >= 0.3 is 0 Å². The van der Waals surface area contributed by atoms with E-state index in [2.05, 4.69) is 62.9 Å². The van der Waals surface area contributed by atoms with Crippen molar-refractivity contribution in [3.8, 4) is 22.4 Å². The van der Waals surface area contributed by atoms with Crippen LogP contribution in [0, 0.1) is 0 Å². The maximum atomic E-state index is 5.28. The zero-order valence-corrected chi connectivity index (χ0v) is 16.6. The summed E-state index contributed by atoms with van der Waals surface area (Å²) in [6, 6.07) is 17.6. The van der Waals surface area contributed by atoms with Crippen molar-refractivity contribution in [1.29, 1.82) is 0 Å². The Kier molecular flexibility index (Phi) is 2.72. The average molecular weight is 396 g/mol. The molecule has 4 heteroatoms. The number of nitrogens with zero attached hydrogens (tertiary/aromatic N) is 4. The molecule has 2 aliphatic carbocycles. The topological polar surface area (TPSA) is 43.1 Å². The molecule has 0 aliphatic heterocycles. The molecule has 0 unspecified atom stereocenters. The van der Waals surface area contributed by atoms with E-state index in [1.165, 1.54) is 39.1 Å². The molecule has 31 heavy (non-hydrogen) atoms. The van der Waals surface area contributed by atoms with E-state index in [0.29, 0.717) is 0 Å². The van der Waals surface area contributed by atoms with Gasteiger partial charge in [-0.25, -0.2) is 4.98 Å². The molecule has 4 nitrogen and oxygen atoms in total. The number of fused-ring (bicyclic) bond motifs is 14. The molecule has 0 saturated heterocycles. The highest BCUT2D eigenvalue weighted by Crippen LogP contribution is 2.49. The summed E-state index contributed by atoms with van der Waals surface area (Å²) >= 11 is 0. The smallest absolute Gasteiger partial charge is 0.146 e. The number of aromatic nitrogens is 4. The minimum atomic E-state index is 0.898. The van der Waals surface area contributed by atoms with Crippen molar-refractivity contribution in [3.05, 3.63) is 95.7 Å². The van der Waals surface area contributed by atoms with Gasteiger partial charge in [0.1, 0.15) is 5.65 Å². The van der Waals surface area contributed by atoms with Crippen molar-refractivity contribution in [2.45, 2.75) is 12.8 Å². The van der Waals surface area contributed by atoms with Crippen molar-refractivity contribution in [1.82, 2.24) is 19.4 Å². The molecule has 0 bridgehead atoms. The van der Waals surface area contributed by atoms with Crippen LogP contribution in [0.5, 0.6) is 0 Å². The molecule has 4 aromatic heterocycles. The summed E-state index contributed by atoms with van der Waals surface area (Å²) in [7, 11) is 0. The van der Waals surface area contributed by atoms with Crippen LogP contribution in [-0.4, -0.2) is 19.4 Å². The van der Waals surface area contributed by atoms with Crippen LogP contribution in [-0.2, 0) is 12.8 Å². The number of hydrogen-bond acceptors (Lipinski definition) is 3. The second kappa shape index (κ2) is 5.35. The van der Waals surface area contributed by atoms with Gasteiger partial charge in [-0.2, -0.15) is 0 Å². The summed E-state index contributed by atoms with van der Waals surface area (Å²) in [5.41, 5.74) is 12.8. The summed E-state index contributed by atoms with van der Waals surface area (Å²) in [6.45, 7) is 0. The van der Waals surface area contributed by atoms with E-state index < -0.39 is 0 Å². The molecule has 0 saturated carbocycles. The first kappa shape index (κ1) is 15.7. The Morgan fingerprint density at radius 3 is 2.42 bits per heavy atom. The third kappa shape index (κ3) is 1.84. The third-order valence-electron chi connectivity index (χ3n) is 7.00. The molecule has 2 aliphatic rings. The van der Waals surface area contributed by atoms with E-state index in [1.54, 1.807) is 0 Å². The Morgan fingerprint density at radius 2 is 1.48 bits per heavy atom. The van der Waals surface area contributed by atoms with E-state index in [0.717, 1.165) is 45.9 Å². The van der Waals surface area contributed by atoms with Crippen LogP contribution in [0.15, 0.2) is 73.3 Å². The highest BCUT2D eigenvalue weighted by Gasteiger charge is 2.32. The summed E-state index contributed by atoms with van der Waals surface area (Å²) in [6.07, 6.45) is 9.50. The number of benzene rings is 2. The summed E-state index contributed by atoms with van der Waals surface area (Å²) in [5, 5.41) is 3.34. The largest absolute Gasteiger partial charge is 0.295 e. The molecule has 144 valence electrons. The summed E-state index contributed by atoms with van der Waals surface area (Å²) in [5.74, 6) is 0. The van der Waals surface area contributed by atoms with E-state index >= 15 is 0 Å². The van der Waals surface area contributed by atoms with E-state index in [4.69, 9.17) is 4.98 Å². The SMILES string of the molecule is c1ccc2c(c1)Cc1ccc3c(c1-2)-c1nc2c4ccncc4c4cnccc4n2c1C3. The standard InChI is InChI=1S/C27H16N4/c1-2-4-18-15(3-1)11-16-5-6-17-12-23-26(25(17)24(16)18)30-27-19-7-9-28-13-20(19)21-14-29-10-8-22(21)31(23)27/h1-10,13-14H,11-12H2. The lowest BCUT2D eigenvalue weighted by Crippen LogP contribution is -1.97. The van der Waals surface area contributed by atoms with Crippen molar-refractivity contribution >= 4 is 27.3 Å². The van der Waals surface area contributed by atoms with Gasteiger partial charge in [0.15, 0.2) is 0 Å². The Bertz CT molecular complexity index is 1740. The van der Waals surface area contributed by atoms with Gasteiger partial charge in [0.2, 0.25) is 0 Å². The average Bonchev–Trinajstić information content (AvgIpc) is 3.48. The second-order valence-corrected chi connectivity index (χ2v) is 8.52. The first-order chi connectivity index (χ1) is 15.4. The lowest BCUT2D eigenvalue weighted by atomic mass is 9.96. The minimum absolute atomic E-state index is 0.898. The van der Waals surface area contributed by atoms with Crippen LogP contribution in [0.25, 0.3) is 49.7 Å². The Balaban J connectivity index is 1.55. The van der Waals surface area contributed by atoms with Gasteiger partial charge in [-0.3, -0.25) is 14.4 Å². The van der Waals surface area contributed by atoms with Gasteiger partial charge in [0.25, 0.3) is 0 Å². The molecule has 0 fully saturated rings. The zero-order chi connectivity index (χ0) is 20.1. The molecule has 4 heterocycles. The Hall–Kier alpha value is -4.05. The lowest BCUT2D eigenvalue weighted by molar-refractivity contribution is 1.09. The fourth-order valence-corrected chi connectivity index (χ4v) is 5.72. The summed E-state index contributed by atoms with van der Waals surface area (Å²) in [4.78, 5) is 14.1. The molecule has 6 aromatic rings. The number of hydrogen-bond donors (Lipinski definition) is 0. The highest BCUT2D eigenvalue weighted by atomic mass is 15.0. The van der Waals surface area contributed by atoms with Gasteiger partial charge < -0.3 is 0 Å². The zero-order valence-electron chi connectivity index (χ0n) is 16.6. The van der Waals surface area contributed by atoms with E-state index in [1.807, 2.05) is 24.8 Å². The van der Waals surface area contributed by atoms with Gasteiger partial charge in [-0.15, -0.1) is 0 Å². The fraction of sp³-hybridized carbons (Fsp3) is 0.0741. The van der Waals surface area contributed by atoms with Crippen LogP contribution >= 0.6 is 0 Å². The molecule has 0 atom stereocenters. The number of pyridine rings is 3. The van der Waals surface area contributed by atoms with Gasteiger partial charge in [-0.05, 0) is 46.4 Å². The van der Waals surface area contributed by atoms with Gasteiger partial charge in [0, 0.05) is 52.9 Å². The van der Waals surface area contributed by atoms with Crippen molar-refractivity contribution in [2.75, 3.05) is 0 Å². The molecule has 8 rings (SSSR count). The first-order valence-electron chi connectivity index (χ1n) is 10.6. The first-order valence-corrected chi connectivity index (χ1v) is 10.6. The fourth-order valence-electron chi connectivity index (χ4n) is 5.72. The quantitative estimate of drug-likeness (QED) is 0.315. The predicted octanol–water partition coefficient (Wildman–Crippen LogP) is 5.57. The maximum absolute atomic E-state index is 5.28. The normalized spacial score (nSPS) is 13.5.